The standard InChI is InChI=1S/C17H24N2O4S/c1-3-4-9-18-15(20)12-6-5-11(2)19(10-12)16(21)13-7-8-14(24-13)17(22)23/h7-8,11-12H,3-6,9-10H2,1-2H3,(H,18,20)(H,22,23). The summed E-state index contributed by atoms with van der Waals surface area (Å²) in [4.78, 5) is 38.2. The minimum atomic E-state index is -1.03. The van der Waals surface area contributed by atoms with E-state index in [0.29, 0.717) is 18.0 Å². The molecule has 7 heteroatoms. The largest absolute Gasteiger partial charge is 0.477 e. The summed E-state index contributed by atoms with van der Waals surface area (Å²) in [5.74, 6) is -1.41. The number of unbranched alkanes of at least 4 members (excludes halogenated alkanes) is 1. The van der Waals surface area contributed by atoms with E-state index in [4.69, 9.17) is 5.11 Å². The smallest absolute Gasteiger partial charge is 0.345 e. The molecule has 0 saturated carbocycles. The third-order valence-electron chi connectivity index (χ3n) is 4.37. The predicted molar refractivity (Wildman–Crippen MR) is 92.4 cm³/mol. The molecule has 1 fully saturated rings. The van der Waals surface area contributed by atoms with Gasteiger partial charge in [-0.3, -0.25) is 9.59 Å². The van der Waals surface area contributed by atoms with Crippen molar-refractivity contribution in [1.29, 1.82) is 0 Å². The third kappa shape index (κ3) is 4.35. The van der Waals surface area contributed by atoms with Gasteiger partial charge < -0.3 is 15.3 Å². The highest BCUT2D eigenvalue weighted by molar-refractivity contribution is 7.15. The molecule has 0 radical (unpaired) electrons. The van der Waals surface area contributed by atoms with E-state index in [1.165, 1.54) is 6.07 Å². The van der Waals surface area contributed by atoms with Crippen LogP contribution in [0.5, 0.6) is 0 Å². The Labute approximate surface area is 145 Å². The van der Waals surface area contributed by atoms with Gasteiger partial charge in [0.05, 0.1) is 10.8 Å². The molecule has 0 bridgehead atoms. The Bertz CT molecular complexity index is 613. The highest BCUT2D eigenvalue weighted by Crippen LogP contribution is 2.26. The van der Waals surface area contributed by atoms with Crippen molar-refractivity contribution < 1.29 is 19.5 Å². The summed E-state index contributed by atoms with van der Waals surface area (Å²) >= 11 is 0.980. The predicted octanol–water partition coefficient (Wildman–Crippen LogP) is 2.60. The SMILES string of the molecule is CCCCNC(=O)C1CCC(C)N(C(=O)c2ccc(C(=O)O)s2)C1. The van der Waals surface area contributed by atoms with E-state index < -0.39 is 5.97 Å². The molecular formula is C17H24N2O4S. The van der Waals surface area contributed by atoms with E-state index in [-0.39, 0.29) is 28.7 Å². The molecule has 2 rings (SSSR count). The fourth-order valence-electron chi connectivity index (χ4n) is 2.85. The average molecular weight is 352 g/mol. The zero-order valence-electron chi connectivity index (χ0n) is 14.1. The van der Waals surface area contributed by atoms with Crippen LogP contribution in [-0.2, 0) is 4.79 Å². The summed E-state index contributed by atoms with van der Waals surface area (Å²) in [6.45, 7) is 5.09. The number of nitrogens with one attached hydrogen (secondary N) is 1. The molecular weight excluding hydrogens is 328 g/mol. The first-order valence-electron chi connectivity index (χ1n) is 8.35. The number of carbonyl (C=O) groups excluding carboxylic acids is 2. The number of rotatable bonds is 6. The molecule has 6 nitrogen and oxygen atoms in total. The van der Waals surface area contributed by atoms with Crippen molar-refractivity contribution in [3.05, 3.63) is 21.9 Å². The number of likely N-dealkylation sites (tertiary alicyclic amines) is 1. The second-order valence-electron chi connectivity index (χ2n) is 6.19. The number of amides is 2. The van der Waals surface area contributed by atoms with E-state index in [2.05, 4.69) is 12.2 Å². The lowest BCUT2D eigenvalue weighted by Gasteiger charge is -2.37. The molecule has 1 aliphatic rings. The molecule has 2 amide bonds. The molecule has 132 valence electrons. The first-order valence-corrected chi connectivity index (χ1v) is 9.17. The van der Waals surface area contributed by atoms with Crippen LogP contribution in [-0.4, -0.2) is 46.9 Å². The van der Waals surface area contributed by atoms with Crippen molar-refractivity contribution in [2.45, 2.75) is 45.6 Å². The Kier molecular flexibility index (Phi) is 6.36. The maximum Gasteiger partial charge on any atom is 0.345 e. The minimum Gasteiger partial charge on any atom is -0.477 e. The first kappa shape index (κ1) is 18.4. The highest BCUT2D eigenvalue weighted by atomic mass is 32.1. The second-order valence-corrected chi connectivity index (χ2v) is 7.28. The number of carbonyl (C=O) groups is 3. The molecule has 2 heterocycles. The number of aromatic carboxylic acids is 1. The summed E-state index contributed by atoms with van der Waals surface area (Å²) in [7, 11) is 0. The van der Waals surface area contributed by atoms with E-state index in [1.807, 2.05) is 6.92 Å². The maximum atomic E-state index is 12.7. The molecule has 1 aromatic rings. The van der Waals surface area contributed by atoms with Crippen LogP contribution in [0.3, 0.4) is 0 Å². The molecule has 2 N–H and O–H groups in total. The summed E-state index contributed by atoms with van der Waals surface area (Å²) < 4.78 is 0. The highest BCUT2D eigenvalue weighted by Gasteiger charge is 2.33. The van der Waals surface area contributed by atoms with Crippen molar-refractivity contribution in [3.8, 4) is 0 Å². The lowest BCUT2D eigenvalue weighted by molar-refractivity contribution is -0.126. The van der Waals surface area contributed by atoms with Gasteiger partial charge in [-0.05, 0) is 38.3 Å². The summed E-state index contributed by atoms with van der Waals surface area (Å²) in [5, 5.41) is 11.9. The zero-order chi connectivity index (χ0) is 17.7. The molecule has 2 atom stereocenters. The lowest BCUT2D eigenvalue weighted by atomic mass is 9.92. The number of carboxylic acid groups (broad SMARTS) is 1. The number of thiophene rings is 1. The topological polar surface area (TPSA) is 86.7 Å². The van der Waals surface area contributed by atoms with Crippen LogP contribution in [0.2, 0.25) is 0 Å². The van der Waals surface area contributed by atoms with Crippen molar-refractivity contribution >= 4 is 29.1 Å². The Balaban J connectivity index is 2.03. The molecule has 1 aliphatic heterocycles. The molecule has 24 heavy (non-hydrogen) atoms. The quantitative estimate of drug-likeness (QED) is 0.771. The van der Waals surface area contributed by atoms with E-state index in [1.54, 1.807) is 11.0 Å². The molecule has 1 aromatic heterocycles. The van der Waals surface area contributed by atoms with Crippen LogP contribution in [0.25, 0.3) is 0 Å². The van der Waals surface area contributed by atoms with Crippen LogP contribution in [0.15, 0.2) is 12.1 Å². The van der Waals surface area contributed by atoms with Gasteiger partial charge in [-0.25, -0.2) is 4.79 Å². The molecule has 2 unspecified atom stereocenters. The van der Waals surface area contributed by atoms with Crippen molar-refractivity contribution in [1.82, 2.24) is 10.2 Å². The summed E-state index contributed by atoms with van der Waals surface area (Å²) in [6.07, 6.45) is 3.52. The van der Waals surface area contributed by atoms with Gasteiger partial charge in [0.2, 0.25) is 5.91 Å². The minimum absolute atomic E-state index is 0.00514. The number of nitrogens with zero attached hydrogens (tertiary/aromatic N) is 1. The van der Waals surface area contributed by atoms with Gasteiger partial charge in [0.25, 0.3) is 5.91 Å². The van der Waals surface area contributed by atoms with Crippen molar-refractivity contribution in [2.75, 3.05) is 13.1 Å². The van der Waals surface area contributed by atoms with Crippen LogP contribution < -0.4 is 5.32 Å². The van der Waals surface area contributed by atoms with E-state index >= 15 is 0 Å². The summed E-state index contributed by atoms with van der Waals surface area (Å²) in [5.41, 5.74) is 0. The van der Waals surface area contributed by atoms with Crippen molar-refractivity contribution in [2.24, 2.45) is 5.92 Å². The van der Waals surface area contributed by atoms with E-state index in [9.17, 15) is 14.4 Å². The van der Waals surface area contributed by atoms with Gasteiger partial charge in [-0.2, -0.15) is 0 Å². The number of carboxylic acids is 1. The van der Waals surface area contributed by atoms with Gasteiger partial charge in [-0.15, -0.1) is 11.3 Å². The Hall–Kier alpha value is -1.89. The normalized spacial score (nSPS) is 20.7. The fourth-order valence-corrected chi connectivity index (χ4v) is 3.65. The third-order valence-corrected chi connectivity index (χ3v) is 5.43. The Morgan fingerprint density at radius 1 is 1.29 bits per heavy atom. The van der Waals surface area contributed by atoms with Crippen LogP contribution in [0.4, 0.5) is 0 Å². The maximum absolute atomic E-state index is 12.7. The number of hydrogen-bond acceptors (Lipinski definition) is 4. The van der Waals surface area contributed by atoms with Gasteiger partial charge >= 0.3 is 5.97 Å². The molecule has 0 aliphatic carbocycles. The van der Waals surface area contributed by atoms with Gasteiger partial charge in [-0.1, -0.05) is 13.3 Å². The van der Waals surface area contributed by atoms with Crippen LogP contribution >= 0.6 is 11.3 Å². The number of hydrogen-bond donors (Lipinski definition) is 2. The first-order chi connectivity index (χ1) is 11.4. The second kappa shape index (κ2) is 8.28. The monoisotopic (exact) mass is 352 g/mol. The van der Waals surface area contributed by atoms with Crippen LogP contribution in [0.1, 0.15) is 58.9 Å². The molecule has 0 aromatic carbocycles. The fraction of sp³-hybridized carbons (Fsp3) is 0.588. The number of piperidine rings is 1. The van der Waals surface area contributed by atoms with Crippen molar-refractivity contribution in [3.63, 3.8) is 0 Å². The van der Waals surface area contributed by atoms with Crippen LogP contribution in [0, 0.1) is 5.92 Å². The Morgan fingerprint density at radius 3 is 2.62 bits per heavy atom. The Morgan fingerprint density at radius 2 is 2.00 bits per heavy atom. The molecule has 0 spiro atoms. The summed E-state index contributed by atoms with van der Waals surface area (Å²) in [6, 6.07) is 3.05. The average Bonchev–Trinajstić information content (AvgIpc) is 3.05. The molecule has 1 saturated heterocycles. The van der Waals surface area contributed by atoms with Gasteiger partial charge in [0.15, 0.2) is 0 Å². The lowest BCUT2D eigenvalue weighted by Crippen LogP contribution is -2.49. The van der Waals surface area contributed by atoms with Gasteiger partial charge in [0.1, 0.15) is 4.88 Å². The van der Waals surface area contributed by atoms with Gasteiger partial charge in [0, 0.05) is 19.1 Å². The zero-order valence-corrected chi connectivity index (χ0v) is 14.9. The van der Waals surface area contributed by atoms with E-state index in [0.717, 1.165) is 37.0 Å².